The molecule has 2 aromatic rings. The summed E-state index contributed by atoms with van der Waals surface area (Å²) in [6.45, 7) is 7.06. The van der Waals surface area contributed by atoms with E-state index < -0.39 is 0 Å². The number of hydrogen-bond acceptors (Lipinski definition) is 3. The van der Waals surface area contributed by atoms with Crippen molar-refractivity contribution in [1.29, 1.82) is 0 Å². The normalized spacial score (nSPS) is 10.8. The number of phenolic OH excluding ortho intramolecular Hbond substituents is 3. The van der Waals surface area contributed by atoms with Gasteiger partial charge in [-0.2, -0.15) is 0 Å². The lowest BCUT2D eigenvalue weighted by Crippen LogP contribution is -2.10. The fourth-order valence-corrected chi connectivity index (χ4v) is 2.50. The Morgan fingerprint density at radius 3 is 1.85 bits per heavy atom. The van der Waals surface area contributed by atoms with Crippen molar-refractivity contribution in [2.24, 2.45) is 0 Å². The number of rotatable bonds is 1. The first-order valence-electron chi connectivity index (χ1n) is 6.36. The van der Waals surface area contributed by atoms with Crippen molar-refractivity contribution in [3.63, 3.8) is 0 Å². The predicted molar refractivity (Wildman–Crippen MR) is 81.2 cm³/mol. The summed E-state index contributed by atoms with van der Waals surface area (Å²) in [6, 6.07) is 3.44. The van der Waals surface area contributed by atoms with Gasteiger partial charge in [0.05, 0.1) is 0 Å². The van der Waals surface area contributed by atoms with E-state index in [-0.39, 0.29) is 17.2 Å². The van der Waals surface area contributed by atoms with Crippen molar-refractivity contribution in [3.05, 3.63) is 34.4 Å². The Labute approximate surface area is 119 Å². The Bertz CT molecular complexity index is 644. The van der Waals surface area contributed by atoms with E-state index in [0.717, 1.165) is 11.1 Å². The second-order valence-electron chi connectivity index (χ2n) is 5.21. The summed E-state index contributed by atoms with van der Waals surface area (Å²) in [6.07, 6.45) is 0. The first-order valence-corrected chi connectivity index (χ1v) is 6.36. The van der Waals surface area contributed by atoms with Crippen molar-refractivity contribution in [2.75, 3.05) is 0 Å². The van der Waals surface area contributed by atoms with Crippen LogP contribution in [0.4, 0.5) is 0 Å². The highest BCUT2D eigenvalue weighted by Crippen LogP contribution is 2.43. The molecule has 2 rings (SSSR count). The van der Waals surface area contributed by atoms with Crippen molar-refractivity contribution in [1.82, 2.24) is 0 Å². The molecule has 102 valence electrons. The van der Waals surface area contributed by atoms with Gasteiger partial charge >= 0.3 is 0 Å². The molecule has 0 fully saturated rings. The van der Waals surface area contributed by atoms with Gasteiger partial charge in [0.15, 0.2) is 0 Å². The molecule has 0 spiro atoms. The number of phenols is 3. The first-order chi connectivity index (χ1) is 9.25. The van der Waals surface area contributed by atoms with Crippen molar-refractivity contribution in [2.45, 2.75) is 27.7 Å². The molecule has 0 aliphatic heterocycles. The van der Waals surface area contributed by atoms with Crippen LogP contribution in [-0.2, 0) is 0 Å². The highest BCUT2D eigenvalue weighted by Gasteiger charge is 2.20. The fourth-order valence-electron chi connectivity index (χ4n) is 2.50. The fraction of sp³-hybridized carbons (Fsp3) is 0.250. The van der Waals surface area contributed by atoms with Gasteiger partial charge in [0.1, 0.15) is 25.1 Å². The van der Waals surface area contributed by atoms with Crippen LogP contribution in [0.25, 0.3) is 11.1 Å². The van der Waals surface area contributed by atoms with Gasteiger partial charge in [-0.15, -0.1) is 0 Å². The summed E-state index contributed by atoms with van der Waals surface area (Å²) < 4.78 is 0. The maximum atomic E-state index is 10.3. The van der Waals surface area contributed by atoms with Crippen LogP contribution in [0.15, 0.2) is 12.1 Å². The monoisotopic (exact) mass is 268 g/mol. The Morgan fingerprint density at radius 1 is 0.750 bits per heavy atom. The summed E-state index contributed by atoms with van der Waals surface area (Å²) in [5, 5.41) is 30.4. The zero-order chi connectivity index (χ0) is 15.2. The van der Waals surface area contributed by atoms with E-state index in [1.165, 1.54) is 0 Å². The molecule has 0 atom stereocenters. The molecular formula is C16H17BO3. The molecule has 0 aliphatic carbocycles. The lowest BCUT2D eigenvalue weighted by atomic mass is 9.83. The Morgan fingerprint density at radius 2 is 1.25 bits per heavy atom. The standard InChI is InChI=1S/C16H17BO3/c1-7-5-9(3)14(17)16(20)13(7)12-8(2)6-11(18)10(4)15(12)19/h5-6,18-20H,1-4H3. The predicted octanol–water partition coefficient (Wildman–Crippen LogP) is 2.50. The van der Waals surface area contributed by atoms with E-state index >= 15 is 0 Å². The molecule has 0 heterocycles. The summed E-state index contributed by atoms with van der Waals surface area (Å²) in [4.78, 5) is 0. The molecule has 0 unspecified atom stereocenters. The van der Waals surface area contributed by atoms with E-state index in [9.17, 15) is 15.3 Å². The summed E-state index contributed by atoms with van der Waals surface area (Å²) in [7, 11) is 5.88. The third-order valence-corrected chi connectivity index (χ3v) is 3.72. The molecule has 0 bridgehead atoms. The summed E-state index contributed by atoms with van der Waals surface area (Å²) >= 11 is 0. The molecule has 3 N–H and O–H groups in total. The van der Waals surface area contributed by atoms with Gasteiger partial charge in [0.2, 0.25) is 0 Å². The highest BCUT2D eigenvalue weighted by molar-refractivity contribution is 6.36. The van der Waals surface area contributed by atoms with Crippen molar-refractivity contribution < 1.29 is 15.3 Å². The van der Waals surface area contributed by atoms with Crippen LogP contribution in [0.2, 0.25) is 0 Å². The average Bonchev–Trinajstić information content (AvgIpc) is 2.37. The van der Waals surface area contributed by atoms with Crippen LogP contribution in [0.3, 0.4) is 0 Å². The van der Waals surface area contributed by atoms with Gasteiger partial charge in [-0.1, -0.05) is 17.1 Å². The van der Waals surface area contributed by atoms with Gasteiger partial charge in [-0.3, -0.25) is 0 Å². The van der Waals surface area contributed by atoms with Crippen LogP contribution in [-0.4, -0.2) is 23.2 Å². The van der Waals surface area contributed by atoms with Crippen LogP contribution < -0.4 is 5.46 Å². The molecule has 4 heteroatoms. The van der Waals surface area contributed by atoms with E-state index in [2.05, 4.69) is 0 Å². The van der Waals surface area contributed by atoms with E-state index in [0.29, 0.717) is 27.7 Å². The van der Waals surface area contributed by atoms with Crippen LogP contribution >= 0.6 is 0 Å². The lowest BCUT2D eigenvalue weighted by Gasteiger charge is -2.18. The van der Waals surface area contributed by atoms with Crippen molar-refractivity contribution >= 4 is 13.3 Å². The minimum atomic E-state index is -0.0378. The zero-order valence-electron chi connectivity index (χ0n) is 12.1. The first kappa shape index (κ1) is 14.3. The topological polar surface area (TPSA) is 60.7 Å². The van der Waals surface area contributed by atoms with Gasteiger partial charge in [-0.05, 0) is 44.9 Å². The van der Waals surface area contributed by atoms with Gasteiger partial charge in [-0.25, -0.2) is 0 Å². The van der Waals surface area contributed by atoms with Crippen LogP contribution in [0, 0.1) is 27.7 Å². The maximum absolute atomic E-state index is 10.3. The minimum absolute atomic E-state index is 0.0287. The van der Waals surface area contributed by atoms with Gasteiger partial charge < -0.3 is 15.3 Å². The molecular weight excluding hydrogens is 251 g/mol. The van der Waals surface area contributed by atoms with E-state index in [1.54, 1.807) is 19.9 Å². The molecule has 20 heavy (non-hydrogen) atoms. The van der Waals surface area contributed by atoms with Crippen LogP contribution in [0.5, 0.6) is 17.2 Å². The second-order valence-corrected chi connectivity index (χ2v) is 5.21. The maximum Gasteiger partial charge on any atom is 0.130 e. The second kappa shape index (κ2) is 4.78. The SMILES string of the molecule is [B]c1c(C)cc(C)c(-c2c(C)cc(O)c(C)c2O)c1O. The summed E-state index contributed by atoms with van der Waals surface area (Å²) in [5.74, 6) is -0.0453. The smallest absolute Gasteiger partial charge is 0.130 e. The third kappa shape index (κ3) is 2.01. The molecule has 0 saturated carbocycles. The largest absolute Gasteiger partial charge is 0.508 e. The number of benzene rings is 2. The van der Waals surface area contributed by atoms with Crippen LogP contribution in [0.1, 0.15) is 22.3 Å². The molecule has 0 aliphatic rings. The Hall–Kier alpha value is -2.10. The minimum Gasteiger partial charge on any atom is -0.508 e. The average molecular weight is 268 g/mol. The number of aryl methyl sites for hydroxylation is 3. The molecule has 0 amide bonds. The third-order valence-electron chi connectivity index (χ3n) is 3.72. The van der Waals surface area contributed by atoms with Gasteiger partial charge in [0, 0.05) is 16.7 Å². The lowest BCUT2D eigenvalue weighted by molar-refractivity contribution is 0.442. The zero-order valence-corrected chi connectivity index (χ0v) is 12.1. The van der Waals surface area contributed by atoms with Crippen molar-refractivity contribution in [3.8, 4) is 28.4 Å². The Balaban J connectivity index is 2.90. The molecule has 2 aromatic carbocycles. The molecule has 2 radical (unpaired) electrons. The van der Waals surface area contributed by atoms with E-state index in [1.807, 2.05) is 19.9 Å². The van der Waals surface area contributed by atoms with E-state index in [4.69, 9.17) is 7.85 Å². The number of hydrogen-bond donors (Lipinski definition) is 3. The molecule has 0 aromatic heterocycles. The number of aromatic hydroxyl groups is 3. The molecule has 3 nitrogen and oxygen atoms in total. The Kier molecular flexibility index (Phi) is 3.42. The highest BCUT2D eigenvalue weighted by atomic mass is 16.3. The summed E-state index contributed by atoms with van der Waals surface area (Å²) in [5.41, 5.74) is 3.97. The molecule has 0 saturated heterocycles. The van der Waals surface area contributed by atoms with Gasteiger partial charge in [0.25, 0.3) is 0 Å². The quantitative estimate of drug-likeness (QED) is 0.696.